The second-order valence-electron chi connectivity index (χ2n) is 4.19. The van der Waals surface area contributed by atoms with Crippen LogP contribution >= 0.6 is 0 Å². The number of nitrogens with zero attached hydrogens (tertiary/aromatic N) is 1. The van der Waals surface area contributed by atoms with Crippen molar-refractivity contribution in [3.05, 3.63) is 12.7 Å². The molecule has 0 aromatic heterocycles. The molecular weight excluding hydrogens is 186 g/mol. The van der Waals surface area contributed by atoms with E-state index in [0.29, 0.717) is 0 Å². The molecule has 0 saturated carbocycles. The van der Waals surface area contributed by atoms with Gasteiger partial charge in [-0.25, -0.2) is 0 Å². The third kappa shape index (κ3) is 7.57. The maximum absolute atomic E-state index is 8.95. The molecule has 0 aromatic rings. The van der Waals surface area contributed by atoms with E-state index in [1.54, 1.807) is 0 Å². The molecule has 15 heavy (non-hydrogen) atoms. The van der Waals surface area contributed by atoms with Crippen LogP contribution in [0.3, 0.4) is 0 Å². The minimum atomic E-state index is 0.248. The van der Waals surface area contributed by atoms with Crippen molar-refractivity contribution in [2.45, 2.75) is 39.5 Å². The first kappa shape index (κ1) is 14.7. The smallest absolute Gasteiger partial charge is 0.0558 e. The lowest BCUT2D eigenvalue weighted by Crippen LogP contribution is -2.32. The zero-order chi connectivity index (χ0) is 11.5. The summed E-state index contributed by atoms with van der Waals surface area (Å²) in [6.07, 6.45) is 7.06. The van der Waals surface area contributed by atoms with Gasteiger partial charge in [0.1, 0.15) is 0 Å². The summed E-state index contributed by atoms with van der Waals surface area (Å²) >= 11 is 0. The summed E-state index contributed by atoms with van der Waals surface area (Å²) in [5, 5.41) is 8.95. The van der Waals surface area contributed by atoms with Crippen LogP contribution in [0.4, 0.5) is 0 Å². The Morgan fingerprint density at radius 2 is 2.13 bits per heavy atom. The molecule has 1 unspecified atom stereocenters. The maximum Gasteiger partial charge on any atom is 0.0558 e. The highest BCUT2D eigenvalue weighted by Gasteiger charge is 2.10. The summed E-state index contributed by atoms with van der Waals surface area (Å²) < 4.78 is 0. The Morgan fingerprint density at radius 3 is 2.60 bits per heavy atom. The molecular formula is C13H27NO. The summed E-state index contributed by atoms with van der Waals surface area (Å²) in [7, 11) is 0. The van der Waals surface area contributed by atoms with Crippen molar-refractivity contribution in [2.24, 2.45) is 5.92 Å². The minimum absolute atomic E-state index is 0.248. The Morgan fingerprint density at radius 1 is 1.40 bits per heavy atom. The van der Waals surface area contributed by atoms with Crippen molar-refractivity contribution in [3.8, 4) is 0 Å². The van der Waals surface area contributed by atoms with Crippen molar-refractivity contribution in [1.82, 2.24) is 4.90 Å². The first-order chi connectivity index (χ1) is 7.28. The number of hydrogen-bond donors (Lipinski definition) is 1. The quantitative estimate of drug-likeness (QED) is 0.564. The van der Waals surface area contributed by atoms with Gasteiger partial charge in [0.2, 0.25) is 0 Å². The fourth-order valence-corrected chi connectivity index (χ4v) is 1.86. The van der Waals surface area contributed by atoms with Crippen LogP contribution in [-0.2, 0) is 0 Å². The molecule has 0 bridgehead atoms. The van der Waals surface area contributed by atoms with Crippen molar-refractivity contribution in [1.29, 1.82) is 0 Å². The monoisotopic (exact) mass is 213 g/mol. The minimum Gasteiger partial charge on any atom is -0.395 e. The van der Waals surface area contributed by atoms with Gasteiger partial charge in [-0.15, -0.1) is 6.58 Å². The molecule has 0 aliphatic rings. The SMILES string of the molecule is C=CCN(CCO)CC(CC)CCCC. The second kappa shape index (κ2) is 10.2. The zero-order valence-electron chi connectivity index (χ0n) is 10.4. The van der Waals surface area contributed by atoms with Gasteiger partial charge in [0.25, 0.3) is 0 Å². The molecule has 0 spiro atoms. The van der Waals surface area contributed by atoms with Crippen LogP contribution < -0.4 is 0 Å². The highest BCUT2D eigenvalue weighted by molar-refractivity contribution is 4.75. The number of aliphatic hydroxyl groups is 1. The van der Waals surface area contributed by atoms with Crippen molar-refractivity contribution < 1.29 is 5.11 Å². The Labute approximate surface area is 95.0 Å². The van der Waals surface area contributed by atoms with Gasteiger partial charge in [-0.3, -0.25) is 4.90 Å². The lowest BCUT2D eigenvalue weighted by Gasteiger charge is -2.25. The lowest BCUT2D eigenvalue weighted by atomic mass is 9.99. The molecule has 90 valence electrons. The molecule has 1 N–H and O–H groups in total. The summed E-state index contributed by atoms with van der Waals surface area (Å²) in [6.45, 7) is 11.3. The number of unbranched alkanes of at least 4 members (excludes halogenated alkanes) is 1. The summed E-state index contributed by atoms with van der Waals surface area (Å²) in [5.74, 6) is 0.774. The fraction of sp³-hybridized carbons (Fsp3) is 0.846. The van der Waals surface area contributed by atoms with E-state index < -0.39 is 0 Å². The molecule has 0 rings (SSSR count). The van der Waals surface area contributed by atoms with E-state index >= 15 is 0 Å². The van der Waals surface area contributed by atoms with Crippen LogP contribution in [0.2, 0.25) is 0 Å². The molecule has 0 aromatic carbocycles. The van der Waals surface area contributed by atoms with Gasteiger partial charge in [-0.05, 0) is 12.3 Å². The molecule has 0 amide bonds. The second-order valence-corrected chi connectivity index (χ2v) is 4.19. The molecule has 0 saturated heterocycles. The standard InChI is InChI=1S/C13H27NO/c1-4-7-8-13(6-3)12-14(9-5-2)10-11-15/h5,13,15H,2,4,6-12H2,1,3H3. The van der Waals surface area contributed by atoms with Gasteiger partial charge in [0, 0.05) is 19.6 Å². The van der Waals surface area contributed by atoms with E-state index in [9.17, 15) is 0 Å². The van der Waals surface area contributed by atoms with E-state index in [-0.39, 0.29) is 6.61 Å². The highest BCUT2D eigenvalue weighted by Crippen LogP contribution is 2.14. The number of hydrogen-bond acceptors (Lipinski definition) is 2. The first-order valence-corrected chi connectivity index (χ1v) is 6.22. The normalized spacial score (nSPS) is 13.1. The average Bonchev–Trinajstić information content (AvgIpc) is 2.24. The van der Waals surface area contributed by atoms with Crippen molar-refractivity contribution >= 4 is 0 Å². The summed E-state index contributed by atoms with van der Waals surface area (Å²) in [5.41, 5.74) is 0. The van der Waals surface area contributed by atoms with E-state index in [1.807, 2.05) is 6.08 Å². The molecule has 0 aliphatic heterocycles. The highest BCUT2D eigenvalue weighted by atomic mass is 16.3. The summed E-state index contributed by atoms with van der Waals surface area (Å²) in [4.78, 5) is 2.29. The topological polar surface area (TPSA) is 23.5 Å². The molecule has 0 fully saturated rings. The molecule has 1 atom stereocenters. The Kier molecular flexibility index (Phi) is 9.96. The van der Waals surface area contributed by atoms with Gasteiger partial charge in [-0.1, -0.05) is 39.2 Å². The largest absolute Gasteiger partial charge is 0.395 e. The molecule has 2 nitrogen and oxygen atoms in total. The van der Waals surface area contributed by atoms with Crippen molar-refractivity contribution in [3.63, 3.8) is 0 Å². The van der Waals surface area contributed by atoms with Gasteiger partial charge >= 0.3 is 0 Å². The van der Waals surface area contributed by atoms with Crippen LogP contribution in [0.5, 0.6) is 0 Å². The van der Waals surface area contributed by atoms with Gasteiger partial charge in [0.05, 0.1) is 6.61 Å². The predicted molar refractivity (Wildman–Crippen MR) is 67.0 cm³/mol. The van der Waals surface area contributed by atoms with Crippen LogP contribution in [0.25, 0.3) is 0 Å². The lowest BCUT2D eigenvalue weighted by molar-refractivity contribution is 0.182. The third-order valence-corrected chi connectivity index (χ3v) is 2.86. The molecule has 0 heterocycles. The first-order valence-electron chi connectivity index (χ1n) is 6.22. The Bertz CT molecular complexity index is 147. The molecule has 2 heteroatoms. The Balaban J connectivity index is 3.90. The van der Waals surface area contributed by atoms with E-state index in [2.05, 4.69) is 25.3 Å². The van der Waals surface area contributed by atoms with E-state index in [1.165, 1.54) is 25.7 Å². The molecule has 0 aliphatic carbocycles. The summed E-state index contributed by atoms with van der Waals surface area (Å²) in [6, 6.07) is 0. The van der Waals surface area contributed by atoms with Crippen LogP contribution in [0.1, 0.15) is 39.5 Å². The Hall–Kier alpha value is -0.340. The number of rotatable bonds is 10. The molecule has 0 radical (unpaired) electrons. The van der Waals surface area contributed by atoms with Crippen LogP contribution in [-0.4, -0.2) is 36.2 Å². The zero-order valence-corrected chi connectivity index (χ0v) is 10.4. The van der Waals surface area contributed by atoms with Gasteiger partial charge in [-0.2, -0.15) is 0 Å². The van der Waals surface area contributed by atoms with E-state index in [0.717, 1.165) is 25.6 Å². The third-order valence-electron chi connectivity index (χ3n) is 2.86. The van der Waals surface area contributed by atoms with Crippen LogP contribution in [0.15, 0.2) is 12.7 Å². The van der Waals surface area contributed by atoms with E-state index in [4.69, 9.17) is 5.11 Å². The van der Waals surface area contributed by atoms with Gasteiger partial charge < -0.3 is 5.11 Å². The average molecular weight is 213 g/mol. The van der Waals surface area contributed by atoms with Crippen LogP contribution in [0, 0.1) is 5.92 Å². The maximum atomic E-state index is 8.95. The number of aliphatic hydroxyl groups excluding tert-OH is 1. The predicted octanol–water partition coefficient (Wildman–Crippen LogP) is 2.68. The van der Waals surface area contributed by atoms with Crippen molar-refractivity contribution in [2.75, 3.05) is 26.2 Å². The van der Waals surface area contributed by atoms with Gasteiger partial charge in [0.15, 0.2) is 0 Å². The fourth-order valence-electron chi connectivity index (χ4n) is 1.86.